The van der Waals surface area contributed by atoms with E-state index in [0.717, 1.165) is 0 Å². The zero-order valence-electron chi connectivity index (χ0n) is 13.0. The molecule has 2 heterocycles. The molecule has 0 aliphatic carbocycles. The molecule has 25 heavy (non-hydrogen) atoms. The third-order valence-corrected chi connectivity index (χ3v) is 4.65. The largest absolute Gasteiger partial charge is 0.471 e. The number of nitrogens with zero attached hydrogens (tertiary/aromatic N) is 2. The number of alkyl halides is 3. The Bertz CT molecular complexity index is 751. The van der Waals surface area contributed by atoms with E-state index in [1.54, 1.807) is 0 Å². The standard InChI is InChI=1S/C16H14ClF3N2O3/c17-9-3-4-11-10(8-9)13(23)5-7-21(11)14(24)12-2-1-6-22(12)15(25)16(18,19)20/h3-4,8,12H,1-2,5-7H2. The first kappa shape index (κ1) is 17.7. The van der Waals surface area contributed by atoms with Crippen LogP contribution >= 0.6 is 11.6 Å². The van der Waals surface area contributed by atoms with E-state index in [1.165, 1.54) is 23.1 Å². The van der Waals surface area contributed by atoms with Gasteiger partial charge >= 0.3 is 12.1 Å². The average Bonchev–Trinajstić information content (AvgIpc) is 3.03. The Labute approximate surface area is 146 Å². The number of rotatable bonds is 1. The molecule has 0 aromatic heterocycles. The molecular weight excluding hydrogens is 361 g/mol. The van der Waals surface area contributed by atoms with E-state index < -0.39 is 24.0 Å². The van der Waals surface area contributed by atoms with Gasteiger partial charge in [0.15, 0.2) is 5.78 Å². The predicted octanol–water partition coefficient (Wildman–Crippen LogP) is 2.81. The van der Waals surface area contributed by atoms with Gasteiger partial charge in [-0.25, -0.2) is 0 Å². The summed E-state index contributed by atoms with van der Waals surface area (Å²) in [5.41, 5.74) is 0.579. The minimum Gasteiger partial charge on any atom is -0.323 e. The smallest absolute Gasteiger partial charge is 0.323 e. The van der Waals surface area contributed by atoms with Gasteiger partial charge in [0, 0.05) is 30.1 Å². The van der Waals surface area contributed by atoms with Crippen molar-refractivity contribution in [1.29, 1.82) is 0 Å². The second-order valence-corrected chi connectivity index (χ2v) is 6.42. The summed E-state index contributed by atoms with van der Waals surface area (Å²) >= 11 is 5.88. The molecule has 1 unspecified atom stereocenters. The summed E-state index contributed by atoms with van der Waals surface area (Å²) in [4.78, 5) is 38.3. The van der Waals surface area contributed by atoms with E-state index in [-0.39, 0.29) is 37.3 Å². The molecule has 0 saturated carbocycles. The molecular formula is C16H14ClF3N2O3. The summed E-state index contributed by atoms with van der Waals surface area (Å²) in [5, 5.41) is 0.330. The first-order valence-electron chi connectivity index (χ1n) is 7.72. The van der Waals surface area contributed by atoms with Crippen LogP contribution in [-0.4, -0.2) is 47.8 Å². The summed E-state index contributed by atoms with van der Waals surface area (Å²) in [6.45, 7) is -0.0498. The van der Waals surface area contributed by atoms with Crippen molar-refractivity contribution in [2.75, 3.05) is 18.0 Å². The quantitative estimate of drug-likeness (QED) is 0.759. The van der Waals surface area contributed by atoms with Crippen molar-refractivity contribution in [2.24, 2.45) is 0 Å². The van der Waals surface area contributed by atoms with Gasteiger partial charge in [0.05, 0.1) is 5.69 Å². The number of likely N-dealkylation sites (tertiary alicyclic amines) is 1. The molecule has 9 heteroatoms. The van der Waals surface area contributed by atoms with Gasteiger partial charge in [-0.1, -0.05) is 11.6 Å². The van der Waals surface area contributed by atoms with Gasteiger partial charge in [-0.05, 0) is 31.0 Å². The van der Waals surface area contributed by atoms with E-state index in [0.29, 0.717) is 22.0 Å². The normalized spacial score (nSPS) is 20.6. The third kappa shape index (κ3) is 3.22. The highest BCUT2D eigenvalue weighted by atomic mass is 35.5. The SMILES string of the molecule is O=C1CCN(C(=O)C2CCCN2C(=O)C(F)(F)F)c2ccc(Cl)cc21. The van der Waals surface area contributed by atoms with Gasteiger partial charge in [-0.15, -0.1) is 0 Å². The number of anilines is 1. The van der Waals surface area contributed by atoms with Crippen LogP contribution in [0.15, 0.2) is 18.2 Å². The lowest BCUT2D eigenvalue weighted by molar-refractivity contribution is -0.186. The van der Waals surface area contributed by atoms with Crippen LogP contribution in [0.1, 0.15) is 29.6 Å². The first-order chi connectivity index (χ1) is 11.7. The molecule has 0 radical (unpaired) electrons. The van der Waals surface area contributed by atoms with E-state index in [9.17, 15) is 27.6 Å². The van der Waals surface area contributed by atoms with Crippen LogP contribution in [0.25, 0.3) is 0 Å². The molecule has 2 aliphatic heterocycles. The highest BCUT2D eigenvalue weighted by Crippen LogP contribution is 2.33. The highest BCUT2D eigenvalue weighted by molar-refractivity contribution is 6.31. The van der Waals surface area contributed by atoms with Gasteiger partial charge in [-0.3, -0.25) is 14.4 Å². The van der Waals surface area contributed by atoms with Crippen LogP contribution in [-0.2, 0) is 9.59 Å². The number of fused-ring (bicyclic) bond motifs is 1. The van der Waals surface area contributed by atoms with Crippen molar-refractivity contribution < 1.29 is 27.6 Å². The number of halogens is 4. The van der Waals surface area contributed by atoms with Gasteiger partial charge < -0.3 is 9.80 Å². The zero-order chi connectivity index (χ0) is 18.4. The van der Waals surface area contributed by atoms with Crippen LogP contribution in [0.3, 0.4) is 0 Å². The van der Waals surface area contributed by atoms with Crippen molar-refractivity contribution in [3.63, 3.8) is 0 Å². The average molecular weight is 375 g/mol. The Morgan fingerprint density at radius 3 is 2.60 bits per heavy atom. The molecule has 134 valence electrons. The molecule has 0 bridgehead atoms. The Hall–Kier alpha value is -2.09. The fourth-order valence-corrected chi connectivity index (χ4v) is 3.45. The van der Waals surface area contributed by atoms with Gasteiger partial charge in [0.1, 0.15) is 6.04 Å². The van der Waals surface area contributed by atoms with E-state index in [4.69, 9.17) is 11.6 Å². The molecule has 2 amide bonds. The Morgan fingerprint density at radius 2 is 1.92 bits per heavy atom. The maximum Gasteiger partial charge on any atom is 0.471 e. The molecule has 1 aromatic rings. The number of carbonyl (C=O) groups is 3. The molecule has 1 saturated heterocycles. The fraction of sp³-hybridized carbons (Fsp3) is 0.438. The molecule has 1 atom stereocenters. The van der Waals surface area contributed by atoms with E-state index in [1.807, 2.05) is 0 Å². The molecule has 2 aliphatic rings. The number of amides is 2. The number of Topliss-reactive ketones (excluding diaryl/α,β-unsaturated/α-hetero) is 1. The minimum absolute atomic E-state index is 0.0546. The van der Waals surface area contributed by atoms with Crippen molar-refractivity contribution in [2.45, 2.75) is 31.5 Å². The van der Waals surface area contributed by atoms with E-state index in [2.05, 4.69) is 0 Å². The fourth-order valence-electron chi connectivity index (χ4n) is 3.27. The number of hydrogen-bond acceptors (Lipinski definition) is 3. The maximum atomic E-state index is 12.8. The van der Waals surface area contributed by atoms with Crippen LogP contribution < -0.4 is 4.90 Å². The Kier molecular flexibility index (Phi) is 4.49. The third-order valence-electron chi connectivity index (χ3n) is 4.42. The van der Waals surface area contributed by atoms with Crippen molar-refractivity contribution in [1.82, 2.24) is 4.90 Å². The molecule has 5 nitrogen and oxygen atoms in total. The lowest BCUT2D eigenvalue weighted by Crippen LogP contribution is -2.52. The molecule has 1 aromatic carbocycles. The second-order valence-electron chi connectivity index (χ2n) is 5.98. The van der Waals surface area contributed by atoms with E-state index >= 15 is 0 Å². The topological polar surface area (TPSA) is 57.7 Å². The summed E-state index contributed by atoms with van der Waals surface area (Å²) < 4.78 is 38.2. The van der Waals surface area contributed by atoms with Crippen LogP contribution in [0, 0.1) is 0 Å². The van der Waals surface area contributed by atoms with Gasteiger partial charge in [0.25, 0.3) is 0 Å². The summed E-state index contributed by atoms with van der Waals surface area (Å²) in [7, 11) is 0. The van der Waals surface area contributed by atoms with Crippen molar-refractivity contribution in [3.05, 3.63) is 28.8 Å². The number of hydrogen-bond donors (Lipinski definition) is 0. The summed E-state index contributed by atoms with van der Waals surface area (Å²) in [6.07, 6.45) is -4.49. The number of carbonyl (C=O) groups excluding carboxylic acids is 3. The van der Waals surface area contributed by atoms with Crippen LogP contribution in [0.5, 0.6) is 0 Å². The molecule has 0 N–H and O–H groups in total. The molecule has 0 spiro atoms. The van der Waals surface area contributed by atoms with Gasteiger partial charge in [0.2, 0.25) is 5.91 Å². The number of benzene rings is 1. The second kappa shape index (κ2) is 6.33. The molecule has 1 fully saturated rings. The van der Waals surface area contributed by atoms with Crippen molar-refractivity contribution >= 4 is 34.9 Å². The number of ketones is 1. The summed E-state index contributed by atoms with van der Waals surface area (Å²) in [6, 6.07) is 3.27. The minimum atomic E-state index is -5.02. The van der Waals surface area contributed by atoms with Crippen LogP contribution in [0.2, 0.25) is 5.02 Å². The summed E-state index contributed by atoms with van der Waals surface area (Å²) in [5.74, 6) is -2.80. The maximum absolute atomic E-state index is 12.8. The first-order valence-corrected chi connectivity index (χ1v) is 8.10. The van der Waals surface area contributed by atoms with Crippen molar-refractivity contribution in [3.8, 4) is 0 Å². The Balaban J connectivity index is 1.90. The Morgan fingerprint density at radius 1 is 1.20 bits per heavy atom. The molecule has 3 rings (SSSR count). The monoisotopic (exact) mass is 374 g/mol. The lowest BCUT2D eigenvalue weighted by Gasteiger charge is -2.33. The zero-order valence-corrected chi connectivity index (χ0v) is 13.7. The van der Waals surface area contributed by atoms with Gasteiger partial charge in [-0.2, -0.15) is 13.2 Å². The highest BCUT2D eigenvalue weighted by Gasteiger charge is 2.48. The van der Waals surface area contributed by atoms with Crippen LogP contribution in [0.4, 0.5) is 18.9 Å². The predicted molar refractivity (Wildman–Crippen MR) is 83.5 cm³/mol. The lowest BCUT2D eigenvalue weighted by atomic mass is 9.99.